The quantitative estimate of drug-likeness (QED) is 0.680. The van der Waals surface area contributed by atoms with Gasteiger partial charge in [-0.15, -0.1) is 10.2 Å². The normalized spacial score (nSPS) is 10.8. The zero-order chi connectivity index (χ0) is 11.5. The number of aromatic nitrogens is 6. The summed E-state index contributed by atoms with van der Waals surface area (Å²) in [6, 6.07) is 0. The summed E-state index contributed by atoms with van der Waals surface area (Å²) >= 11 is 0. The highest BCUT2D eigenvalue weighted by Crippen LogP contribution is 2.09. The summed E-state index contributed by atoms with van der Waals surface area (Å²) < 4.78 is 1.82. The minimum Gasteiger partial charge on any atom is -0.366 e. The standard InChI is InChI=1S/C10H11N7/c1(8-11-3-4-12-8)2-13-9-10-16-15-7-17(10)6-5-14-9/h3-7H,1-2H2,(H,11,12)(H,13,14). The van der Waals surface area contributed by atoms with Crippen LogP contribution in [0.4, 0.5) is 5.82 Å². The molecule has 0 bridgehead atoms. The molecule has 7 heteroatoms. The number of hydrogen-bond donors (Lipinski definition) is 2. The Kier molecular flexibility index (Phi) is 2.41. The first kappa shape index (κ1) is 9.76. The second-order valence-corrected chi connectivity index (χ2v) is 3.55. The molecule has 0 aromatic carbocycles. The molecule has 0 unspecified atom stereocenters. The average Bonchev–Trinajstić information content (AvgIpc) is 2.99. The van der Waals surface area contributed by atoms with Crippen LogP contribution in [-0.4, -0.2) is 36.1 Å². The molecule has 3 heterocycles. The fourth-order valence-corrected chi connectivity index (χ4v) is 1.62. The molecule has 0 spiro atoms. The van der Waals surface area contributed by atoms with Gasteiger partial charge in [-0.05, 0) is 0 Å². The van der Waals surface area contributed by atoms with Gasteiger partial charge in [-0.1, -0.05) is 0 Å². The van der Waals surface area contributed by atoms with Crippen LogP contribution >= 0.6 is 0 Å². The van der Waals surface area contributed by atoms with Crippen LogP contribution in [0.25, 0.3) is 5.65 Å². The third kappa shape index (κ3) is 1.94. The van der Waals surface area contributed by atoms with Gasteiger partial charge in [-0.25, -0.2) is 9.97 Å². The molecule has 86 valence electrons. The summed E-state index contributed by atoms with van der Waals surface area (Å²) in [5, 5.41) is 11.1. The first-order valence-corrected chi connectivity index (χ1v) is 5.30. The molecule has 0 atom stereocenters. The molecule has 0 radical (unpaired) electrons. The van der Waals surface area contributed by atoms with Crippen molar-refractivity contribution in [1.29, 1.82) is 0 Å². The third-order valence-electron chi connectivity index (χ3n) is 2.42. The number of anilines is 1. The number of fused-ring (bicyclic) bond motifs is 1. The Labute approximate surface area is 96.9 Å². The number of imidazole rings is 1. The summed E-state index contributed by atoms with van der Waals surface area (Å²) in [6.45, 7) is 0.743. The Balaban J connectivity index is 1.70. The fourth-order valence-electron chi connectivity index (χ4n) is 1.62. The van der Waals surface area contributed by atoms with Crippen LogP contribution in [0.15, 0.2) is 31.1 Å². The molecular formula is C10H11N7. The van der Waals surface area contributed by atoms with Crippen molar-refractivity contribution in [3.63, 3.8) is 0 Å². The molecule has 3 aromatic heterocycles. The summed E-state index contributed by atoms with van der Waals surface area (Å²) in [5.41, 5.74) is 0.729. The van der Waals surface area contributed by atoms with Crippen LogP contribution in [0, 0.1) is 0 Å². The predicted octanol–water partition coefficient (Wildman–Crippen LogP) is 0.502. The SMILES string of the molecule is c1c[nH]c(CCNc2nccn3cnnc23)n1. The smallest absolute Gasteiger partial charge is 0.203 e. The number of nitrogens with zero attached hydrogens (tertiary/aromatic N) is 5. The van der Waals surface area contributed by atoms with Crippen LogP contribution in [0.3, 0.4) is 0 Å². The maximum atomic E-state index is 4.23. The molecule has 3 rings (SSSR count). The van der Waals surface area contributed by atoms with Crippen LogP contribution in [0.2, 0.25) is 0 Å². The van der Waals surface area contributed by atoms with E-state index in [1.165, 1.54) is 0 Å². The predicted molar refractivity (Wildman–Crippen MR) is 61.6 cm³/mol. The maximum absolute atomic E-state index is 4.23. The van der Waals surface area contributed by atoms with Crippen molar-refractivity contribution in [2.75, 3.05) is 11.9 Å². The van der Waals surface area contributed by atoms with Gasteiger partial charge >= 0.3 is 0 Å². The molecule has 2 N–H and O–H groups in total. The molecule has 0 fully saturated rings. The van der Waals surface area contributed by atoms with Gasteiger partial charge in [0.25, 0.3) is 0 Å². The first-order chi connectivity index (χ1) is 8.43. The second kappa shape index (κ2) is 4.20. The number of hydrogen-bond acceptors (Lipinski definition) is 5. The van der Waals surface area contributed by atoms with Gasteiger partial charge < -0.3 is 10.3 Å². The molecule has 0 aliphatic heterocycles. The van der Waals surface area contributed by atoms with Crippen molar-refractivity contribution in [3.8, 4) is 0 Å². The van der Waals surface area contributed by atoms with Crippen molar-refractivity contribution in [2.24, 2.45) is 0 Å². The maximum Gasteiger partial charge on any atom is 0.203 e. The second-order valence-electron chi connectivity index (χ2n) is 3.55. The van der Waals surface area contributed by atoms with Gasteiger partial charge in [0.2, 0.25) is 5.65 Å². The molecule has 0 aliphatic rings. The zero-order valence-electron chi connectivity index (χ0n) is 9.04. The van der Waals surface area contributed by atoms with E-state index < -0.39 is 0 Å². The summed E-state index contributed by atoms with van der Waals surface area (Å²) in [6.07, 6.45) is 9.54. The Bertz CT molecular complexity index is 598. The number of H-pyrrole nitrogens is 1. The molecule has 17 heavy (non-hydrogen) atoms. The van der Waals surface area contributed by atoms with Gasteiger partial charge in [0.05, 0.1) is 0 Å². The molecule has 7 nitrogen and oxygen atoms in total. The number of aromatic amines is 1. The molecule has 0 saturated heterocycles. The summed E-state index contributed by atoms with van der Waals surface area (Å²) in [4.78, 5) is 11.4. The summed E-state index contributed by atoms with van der Waals surface area (Å²) in [5.74, 6) is 1.68. The van der Waals surface area contributed by atoms with Crippen molar-refractivity contribution in [2.45, 2.75) is 6.42 Å². The Morgan fingerprint density at radius 1 is 1.29 bits per heavy atom. The van der Waals surface area contributed by atoms with Crippen molar-refractivity contribution >= 4 is 11.5 Å². The largest absolute Gasteiger partial charge is 0.366 e. The van der Waals surface area contributed by atoms with E-state index in [2.05, 4.69) is 30.5 Å². The van der Waals surface area contributed by atoms with Crippen molar-refractivity contribution < 1.29 is 0 Å². The number of rotatable bonds is 4. The van der Waals surface area contributed by atoms with Crippen LogP contribution in [0.5, 0.6) is 0 Å². The highest BCUT2D eigenvalue weighted by Gasteiger charge is 2.03. The lowest BCUT2D eigenvalue weighted by Gasteiger charge is -2.04. The van der Waals surface area contributed by atoms with E-state index in [9.17, 15) is 0 Å². The van der Waals surface area contributed by atoms with Gasteiger partial charge in [-0.2, -0.15) is 0 Å². The van der Waals surface area contributed by atoms with Crippen LogP contribution < -0.4 is 5.32 Å². The minimum atomic E-state index is 0.729. The van der Waals surface area contributed by atoms with E-state index in [1.54, 1.807) is 18.7 Å². The van der Waals surface area contributed by atoms with E-state index >= 15 is 0 Å². The van der Waals surface area contributed by atoms with Gasteiger partial charge in [0, 0.05) is 37.8 Å². The molecule has 0 saturated carbocycles. The van der Waals surface area contributed by atoms with Gasteiger partial charge in [-0.3, -0.25) is 4.40 Å². The van der Waals surface area contributed by atoms with Crippen LogP contribution in [-0.2, 0) is 6.42 Å². The van der Waals surface area contributed by atoms with E-state index in [0.29, 0.717) is 0 Å². The highest BCUT2D eigenvalue weighted by molar-refractivity contribution is 5.61. The van der Waals surface area contributed by atoms with E-state index in [4.69, 9.17) is 0 Å². The fraction of sp³-hybridized carbons (Fsp3) is 0.200. The Hall–Kier alpha value is -2.44. The molecule has 3 aromatic rings. The van der Waals surface area contributed by atoms with Gasteiger partial charge in [0.15, 0.2) is 5.82 Å². The third-order valence-corrected chi connectivity index (χ3v) is 2.42. The number of nitrogens with one attached hydrogen (secondary N) is 2. The van der Waals surface area contributed by atoms with Crippen molar-refractivity contribution in [1.82, 2.24) is 29.5 Å². The summed E-state index contributed by atoms with van der Waals surface area (Å²) in [7, 11) is 0. The van der Waals surface area contributed by atoms with Gasteiger partial charge in [0.1, 0.15) is 12.2 Å². The van der Waals surface area contributed by atoms with Crippen molar-refractivity contribution in [3.05, 3.63) is 36.9 Å². The lowest BCUT2D eigenvalue weighted by atomic mass is 10.4. The molecule has 0 amide bonds. The minimum absolute atomic E-state index is 0.729. The topological polar surface area (TPSA) is 83.8 Å². The molecule has 0 aliphatic carbocycles. The Morgan fingerprint density at radius 2 is 2.29 bits per heavy atom. The average molecular weight is 229 g/mol. The van der Waals surface area contributed by atoms with E-state index in [1.807, 2.05) is 16.8 Å². The molecular weight excluding hydrogens is 218 g/mol. The monoisotopic (exact) mass is 229 g/mol. The van der Waals surface area contributed by atoms with E-state index in [0.717, 1.165) is 30.3 Å². The lowest BCUT2D eigenvalue weighted by Crippen LogP contribution is -2.08. The zero-order valence-corrected chi connectivity index (χ0v) is 9.04. The lowest BCUT2D eigenvalue weighted by molar-refractivity contribution is 0.919. The highest BCUT2D eigenvalue weighted by atomic mass is 15.2. The van der Waals surface area contributed by atoms with Crippen LogP contribution in [0.1, 0.15) is 5.82 Å². The first-order valence-electron chi connectivity index (χ1n) is 5.30. The van der Waals surface area contributed by atoms with E-state index in [-0.39, 0.29) is 0 Å². The Morgan fingerprint density at radius 3 is 3.18 bits per heavy atom.